The maximum absolute atomic E-state index is 14.6. The van der Waals surface area contributed by atoms with Crippen LogP contribution in [0.5, 0.6) is 0 Å². The van der Waals surface area contributed by atoms with E-state index in [2.05, 4.69) is 26.6 Å². The van der Waals surface area contributed by atoms with Crippen LogP contribution in [0.3, 0.4) is 0 Å². The lowest BCUT2D eigenvalue weighted by atomic mass is 9.84. The number of likely N-dealkylation sites (tertiary alicyclic amines) is 1. The van der Waals surface area contributed by atoms with Crippen molar-refractivity contribution in [2.75, 3.05) is 13.1 Å². The number of carbonyl (C=O) groups is 7. The van der Waals surface area contributed by atoms with Gasteiger partial charge >= 0.3 is 0 Å². The molecule has 3 aromatic carbocycles. The second-order valence-electron chi connectivity index (χ2n) is 17.6. The van der Waals surface area contributed by atoms with Crippen LogP contribution in [-0.4, -0.2) is 95.6 Å². The lowest BCUT2D eigenvalue weighted by Crippen LogP contribution is -2.60. The van der Waals surface area contributed by atoms with Crippen molar-refractivity contribution in [3.63, 3.8) is 0 Å². The number of hydrogen-bond donors (Lipinski definition) is 7. The van der Waals surface area contributed by atoms with E-state index in [-0.39, 0.29) is 44.7 Å². The third-order valence-electron chi connectivity index (χ3n) is 12.5. The van der Waals surface area contributed by atoms with E-state index >= 15 is 0 Å². The SMILES string of the molecule is CC(=O)N[C@@H](Cc1ccccc1)C(=O)N[C@@H](CCCN)C(=O)N1CCC[C@H]1C(=O)N[C@H](CC1CCCCC1)C(=O)N[C@@H](Cc1cc2ccccc2s1)C(=O)N[C@@H](Cc1ccccc1)C(N)=O. The molecule has 2 fully saturated rings. The third kappa shape index (κ3) is 14.2. The molecular weight excluding hydrogens is 857 g/mol. The molecule has 1 aromatic heterocycles. The summed E-state index contributed by atoms with van der Waals surface area (Å²) in [5.74, 6) is -3.63. The number of fused-ring (bicyclic) bond motifs is 1. The van der Waals surface area contributed by atoms with Gasteiger partial charge in [-0.15, -0.1) is 11.3 Å². The number of carbonyl (C=O) groups excluding carboxylic acids is 7. The number of nitrogens with zero attached hydrogens (tertiary/aromatic N) is 1. The number of thiophene rings is 1. The van der Waals surface area contributed by atoms with Crippen molar-refractivity contribution in [3.05, 3.63) is 107 Å². The highest BCUT2D eigenvalue weighted by molar-refractivity contribution is 7.19. The third-order valence-corrected chi connectivity index (χ3v) is 13.6. The van der Waals surface area contributed by atoms with Crippen molar-refractivity contribution in [1.29, 1.82) is 0 Å². The van der Waals surface area contributed by atoms with E-state index in [0.717, 1.165) is 58.2 Å². The van der Waals surface area contributed by atoms with Gasteiger partial charge in [0.05, 0.1) is 0 Å². The first-order valence-corrected chi connectivity index (χ1v) is 24.0. The van der Waals surface area contributed by atoms with Crippen molar-refractivity contribution >= 4 is 62.8 Å². The first-order chi connectivity index (χ1) is 31.9. The molecule has 0 unspecified atom stereocenters. The number of primary amides is 1. The van der Waals surface area contributed by atoms with Crippen LogP contribution in [0.25, 0.3) is 10.1 Å². The average Bonchev–Trinajstić information content (AvgIpc) is 3.98. The Balaban J connectivity index is 1.21. The van der Waals surface area contributed by atoms with Crippen LogP contribution >= 0.6 is 11.3 Å². The van der Waals surface area contributed by atoms with Gasteiger partial charge in [0.15, 0.2) is 0 Å². The first kappa shape index (κ1) is 49.3. The second-order valence-corrected chi connectivity index (χ2v) is 18.8. The van der Waals surface area contributed by atoms with Gasteiger partial charge < -0.3 is 43.0 Å². The van der Waals surface area contributed by atoms with Crippen LogP contribution in [0.4, 0.5) is 0 Å². The van der Waals surface area contributed by atoms with E-state index in [1.165, 1.54) is 23.2 Å². The van der Waals surface area contributed by atoms with Gasteiger partial charge in [-0.25, -0.2) is 0 Å². The van der Waals surface area contributed by atoms with Gasteiger partial charge in [0.1, 0.15) is 36.3 Å². The van der Waals surface area contributed by atoms with Crippen LogP contribution in [-0.2, 0) is 52.8 Å². The van der Waals surface area contributed by atoms with Crippen molar-refractivity contribution < 1.29 is 33.6 Å². The minimum absolute atomic E-state index is 0.118. The smallest absolute Gasteiger partial charge is 0.245 e. The number of rotatable bonds is 22. The Labute approximate surface area is 390 Å². The lowest BCUT2D eigenvalue weighted by Gasteiger charge is -2.32. The molecule has 1 aliphatic carbocycles. The van der Waals surface area contributed by atoms with Crippen LogP contribution in [0, 0.1) is 5.92 Å². The first-order valence-electron chi connectivity index (χ1n) is 23.2. The predicted octanol–water partition coefficient (Wildman–Crippen LogP) is 3.56. The highest BCUT2D eigenvalue weighted by Gasteiger charge is 2.40. The van der Waals surface area contributed by atoms with E-state index in [9.17, 15) is 33.6 Å². The summed E-state index contributed by atoms with van der Waals surface area (Å²) in [6.07, 6.45) is 7.12. The van der Waals surface area contributed by atoms with Crippen molar-refractivity contribution in [2.24, 2.45) is 17.4 Å². The molecule has 1 aliphatic heterocycles. The minimum Gasteiger partial charge on any atom is -0.368 e. The molecular formula is C50H64N8O7S. The van der Waals surface area contributed by atoms with E-state index in [0.29, 0.717) is 25.7 Å². The summed E-state index contributed by atoms with van der Waals surface area (Å²) in [6, 6.07) is 22.1. The Bertz CT molecular complexity index is 2250. The molecule has 6 rings (SSSR count). The normalized spacial score (nSPS) is 17.4. The van der Waals surface area contributed by atoms with E-state index in [1.54, 1.807) is 0 Å². The number of nitrogens with two attached hydrogens (primary N) is 2. The second kappa shape index (κ2) is 24.4. The van der Waals surface area contributed by atoms with Crippen LogP contribution in [0.2, 0.25) is 0 Å². The maximum Gasteiger partial charge on any atom is 0.245 e. The summed E-state index contributed by atoms with van der Waals surface area (Å²) >= 11 is 1.50. The predicted molar refractivity (Wildman–Crippen MR) is 255 cm³/mol. The largest absolute Gasteiger partial charge is 0.368 e. The molecule has 2 heterocycles. The van der Waals surface area contributed by atoms with E-state index in [4.69, 9.17) is 11.5 Å². The lowest BCUT2D eigenvalue weighted by molar-refractivity contribution is -0.142. The summed E-state index contributed by atoms with van der Waals surface area (Å²) < 4.78 is 1.01. The summed E-state index contributed by atoms with van der Waals surface area (Å²) in [4.78, 5) is 98.7. The molecule has 0 bridgehead atoms. The number of benzene rings is 3. The van der Waals surface area contributed by atoms with Crippen molar-refractivity contribution in [3.8, 4) is 0 Å². The fourth-order valence-corrected chi connectivity index (χ4v) is 10.2. The Morgan fingerprint density at radius 2 is 1.23 bits per heavy atom. The molecule has 16 heteroatoms. The molecule has 15 nitrogen and oxygen atoms in total. The fraction of sp³-hybridized carbons (Fsp3) is 0.460. The fourth-order valence-electron chi connectivity index (χ4n) is 9.08. The summed E-state index contributed by atoms with van der Waals surface area (Å²) in [7, 11) is 0. The standard InChI is InChI=1S/C50H64N8O7S/c1-32(59)53-40(28-34-17-7-3-8-18-34)46(61)54-38(22-13-25-51)50(65)58-26-14-23-43(58)49(64)57-41(29-35-19-9-4-10-20-35)47(62)56-42(31-37-30-36-21-11-12-24-44(36)66-37)48(63)55-39(45(52)60)27-33-15-5-2-6-16-33/h2-3,5-8,11-12,15-18,21,24,30,35,38-43H,4,9-10,13-14,19-20,22-23,25-29,31,51H2,1H3,(H2,52,60)(H,53,59)(H,54,61)(H,55,63)(H,56,62)(H,57,64)/t38-,39-,40-,41+,42-,43-/m0/s1. The summed E-state index contributed by atoms with van der Waals surface area (Å²) in [5, 5.41) is 15.3. The van der Waals surface area contributed by atoms with Crippen LogP contribution < -0.4 is 38.1 Å². The van der Waals surface area contributed by atoms with Gasteiger partial charge in [-0.3, -0.25) is 33.6 Å². The highest BCUT2D eigenvalue weighted by atomic mass is 32.1. The molecule has 7 amide bonds. The Hall–Kier alpha value is -6.13. The van der Waals surface area contributed by atoms with E-state index in [1.807, 2.05) is 91.0 Å². The Kier molecular flexibility index (Phi) is 18.2. The van der Waals surface area contributed by atoms with Gasteiger partial charge in [-0.2, -0.15) is 0 Å². The van der Waals surface area contributed by atoms with Crippen molar-refractivity contribution in [1.82, 2.24) is 31.5 Å². The Morgan fingerprint density at radius 3 is 1.85 bits per heavy atom. The van der Waals surface area contributed by atoms with Gasteiger partial charge in [0.2, 0.25) is 41.4 Å². The maximum atomic E-state index is 14.6. The van der Waals surface area contributed by atoms with Crippen LogP contribution in [0.15, 0.2) is 91.0 Å². The molecule has 66 heavy (non-hydrogen) atoms. The summed E-state index contributed by atoms with van der Waals surface area (Å²) in [5.41, 5.74) is 13.3. The van der Waals surface area contributed by atoms with Gasteiger partial charge in [-0.1, -0.05) is 111 Å². The Morgan fingerprint density at radius 1 is 0.652 bits per heavy atom. The molecule has 0 spiro atoms. The van der Waals surface area contributed by atoms with Gasteiger partial charge in [0.25, 0.3) is 0 Å². The zero-order valence-electron chi connectivity index (χ0n) is 37.7. The zero-order valence-corrected chi connectivity index (χ0v) is 38.5. The van der Waals surface area contributed by atoms with Crippen molar-refractivity contribution in [2.45, 2.75) is 127 Å². The average molecular weight is 921 g/mol. The molecule has 9 N–H and O–H groups in total. The minimum atomic E-state index is -1.13. The molecule has 6 atom stereocenters. The molecule has 1 saturated carbocycles. The number of nitrogens with one attached hydrogen (secondary N) is 5. The topological polar surface area (TPSA) is 235 Å². The number of amides is 7. The van der Waals surface area contributed by atoms with E-state index < -0.39 is 77.6 Å². The molecule has 4 aromatic rings. The van der Waals surface area contributed by atoms with Gasteiger partial charge in [0, 0.05) is 42.3 Å². The molecule has 1 saturated heterocycles. The highest BCUT2D eigenvalue weighted by Crippen LogP contribution is 2.29. The monoisotopic (exact) mass is 920 g/mol. The zero-order chi connectivity index (χ0) is 47.0. The molecule has 352 valence electrons. The summed E-state index contributed by atoms with van der Waals surface area (Å²) in [6.45, 7) is 1.84. The van der Waals surface area contributed by atoms with Gasteiger partial charge in [-0.05, 0) is 73.2 Å². The number of hydrogen-bond acceptors (Lipinski definition) is 9. The molecule has 0 radical (unpaired) electrons. The van der Waals surface area contributed by atoms with Crippen LogP contribution in [0.1, 0.15) is 87.1 Å². The molecule has 2 aliphatic rings. The quantitative estimate of drug-likeness (QED) is 0.0615.